The zero-order valence-electron chi connectivity index (χ0n) is 11.1. The first kappa shape index (κ1) is 12.9. The zero-order chi connectivity index (χ0) is 13.1. The van der Waals surface area contributed by atoms with Gasteiger partial charge in [-0.2, -0.15) is 0 Å². The summed E-state index contributed by atoms with van der Waals surface area (Å²) in [5.41, 5.74) is 9.00. The number of fused-ring (bicyclic) bond motifs is 1. The van der Waals surface area contributed by atoms with Crippen molar-refractivity contribution < 1.29 is 4.79 Å². The number of anilines is 1. The number of nitrogens with zero attached hydrogens (tertiary/aromatic N) is 1. The van der Waals surface area contributed by atoms with Crippen LogP contribution in [-0.4, -0.2) is 26.0 Å². The van der Waals surface area contributed by atoms with Gasteiger partial charge in [0.2, 0.25) is 5.91 Å². The zero-order valence-corrected chi connectivity index (χ0v) is 11.1. The fraction of sp³-hybridized carbons (Fsp3) is 0.500. The third-order valence-corrected chi connectivity index (χ3v) is 3.48. The lowest BCUT2D eigenvalue weighted by molar-refractivity contribution is -0.120. The molecule has 4 nitrogen and oxygen atoms in total. The Labute approximate surface area is 108 Å². The van der Waals surface area contributed by atoms with Gasteiger partial charge in [0.15, 0.2) is 0 Å². The number of benzene rings is 1. The summed E-state index contributed by atoms with van der Waals surface area (Å²) in [4.78, 5) is 13.7. The highest BCUT2D eigenvalue weighted by molar-refractivity contribution is 5.81. The Bertz CT molecular complexity index is 445. The number of nitrogens with one attached hydrogen (secondary N) is 1. The van der Waals surface area contributed by atoms with E-state index in [4.69, 9.17) is 5.73 Å². The van der Waals surface area contributed by atoms with E-state index in [0.717, 1.165) is 31.5 Å². The lowest BCUT2D eigenvalue weighted by Crippen LogP contribution is -2.34. The molecule has 18 heavy (non-hydrogen) atoms. The number of primary amides is 1. The van der Waals surface area contributed by atoms with E-state index in [1.54, 1.807) is 0 Å². The van der Waals surface area contributed by atoms with Crippen molar-refractivity contribution >= 4 is 11.6 Å². The summed E-state index contributed by atoms with van der Waals surface area (Å²) in [6.45, 7) is 3.80. The van der Waals surface area contributed by atoms with Crippen LogP contribution in [0.2, 0.25) is 0 Å². The van der Waals surface area contributed by atoms with Gasteiger partial charge in [-0.15, -0.1) is 0 Å². The molecule has 3 N–H and O–H groups in total. The fourth-order valence-corrected chi connectivity index (χ4v) is 2.57. The summed E-state index contributed by atoms with van der Waals surface area (Å²) in [7, 11) is 2.10. The van der Waals surface area contributed by atoms with Crippen LogP contribution >= 0.6 is 0 Å². The first-order chi connectivity index (χ1) is 8.63. The summed E-state index contributed by atoms with van der Waals surface area (Å²) >= 11 is 0. The summed E-state index contributed by atoms with van der Waals surface area (Å²) < 4.78 is 0. The first-order valence-corrected chi connectivity index (χ1v) is 6.50. The maximum Gasteiger partial charge on any atom is 0.239 e. The Morgan fingerprint density at radius 1 is 1.56 bits per heavy atom. The van der Waals surface area contributed by atoms with E-state index in [9.17, 15) is 4.79 Å². The molecule has 1 amide bonds. The van der Waals surface area contributed by atoms with Crippen molar-refractivity contribution in [1.82, 2.24) is 5.32 Å². The number of hydrogen-bond acceptors (Lipinski definition) is 3. The monoisotopic (exact) mass is 247 g/mol. The van der Waals surface area contributed by atoms with Crippen LogP contribution in [0, 0.1) is 0 Å². The molecule has 0 bridgehead atoms. The lowest BCUT2D eigenvalue weighted by Gasteiger charge is -2.28. The van der Waals surface area contributed by atoms with Crippen LogP contribution in [0.15, 0.2) is 18.2 Å². The molecule has 0 saturated carbocycles. The molecule has 0 saturated heterocycles. The highest BCUT2D eigenvalue weighted by Gasteiger charge is 2.20. The van der Waals surface area contributed by atoms with Crippen molar-refractivity contribution in [3.63, 3.8) is 0 Å². The largest absolute Gasteiger partial charge is 0.374 e. The van der Waals surface area contributed by atoms with Crippen molar-refractivity contribution in [3.05, 3.63) is 29.3 Å². The number of amides is 1. The van der Waals surface area contributed by atoms with Crippen LogP contribution in [0.1, 0.15) is 30.5 Å². The van der Waals surface area contributed by atoms with Gasteiger partial charge in [0.25, 0.3) is 0 Å². The minimum Gasteiger partial charge on any atom is -0.374 e. The quantitative estimate of drug-likeness (QED) is 0.840. The number of nitrogens with two attached hydrogens (primary N) is 1. The SMILES string of the molecule is CCNC(C(N)=O)c1ccc2c(c1)CCCN2C. The van der Waals surface area contributed by atoms with Crippen LogP contribution in [0.25, 0.3) is 0 Å². The maximum absolute atomic E-state index is 11.5. The molecule has 4 heteroatoms. The molecule has 1 atom stereocenters. The predicted molar refractivity (Wildman–Crippen MR) is 73.6 cm³/mol. The van der Waals surface area contributed by atoms with Gasteiger partial charge in [-0.25, -0.2) is 0 Å². The van der Waals surface area contributed by atoms with Crippen molar-refractivity contribution in [2.75, 3.05) is 25.0 Å². The smallest absolute Gasteiger partial charge is 0.239 e. The Kier molecular flexibility index (Phi) is 3.87. The maximum atomic E-state index is 11.5. The normalized spacial score (nSPS) is 16.2. The van der Waals surface area contributed by atoms with Crippen LogP contribution in [0.4, 0.5) is 5.69 Å². The number of likely N-dealkylation sites (N-methyl/N-ethyl adjacent to an activating group) is 1. The van der Waals surface area contributed by atoms with Gasteiger partial charge >= 0.3 is 0 Å². The van der Waals surface area contributed by atoms with E-state index in [1.165, 1.54) is 11.3 Å². The number of carbonyl (C=O) groups excluding carboxylic acids is 1. The second kappa shape index (κ2) is 5.40. The van der Waals surface area contributed by atoms with E-state index in [2.05, 4.69) is 29.4 Å². The van der Waals surface area contributed by atoms with Gasteiger partial charge in [-0.1, -0.05) is 19.1 Å². The molecular formula is C14H21N3O. The van der Waals surface area contributed by atoms with E-state index in [0.29, 0.717) is 0 Å². The van der Waals surface area contributed by atoms with E-state index in [-0.39, 0.29) is 11.9 Å². The molecule has 0 aliphatic carbocycles. The summed E-state index contributed by atoms with van der Waals surface area (Å²) in [5, 5.41) is 3.13. The standard InChI is InChI=1S/C14H21N3O/c1-3-16-13(14(15)18)11-6-7-12-10(9-11)5-4-8-17(12)2/h6-7,9,13,16H,3-5,8H2,1-2H3,(H2,15,18). The molecule has 1 aromatic rings. The van der Waals surface area contributed by atoms with Gasteiger partial charge in [-0.3, -0.25) is 4.79 Å². The molecule has 0 spiro atoms. The summed E-state index contributed by atoms with van der Waals surface area (Å²) in [6, 6.07) is 5.83. The number of carbonyl (C=O) groups is 1. The number of hydrogen-bond donors (Lipinski definition) is 2. The van der Waals surface area contributed by atoms with Crippen LogP contribution < -0.4 is 16.0 Å². The molecule has 0 radical (unpaired) electrons. The third kappa shape index (κ3) is 2.48. The second-order valence-electron chi connectivity index (χ2n) is 4.81. The topological polar surface area (TPSA) is 58.4 Å². The van der Waals surface area contributed by atoms with E-state index in [1.807, 2.05) is 13.0 Å². The summed E-state index contributed by atoms with van der Waals surface area (Å²) in [5.74, 6) is -0.319. The van der Waals surface area contributed by atoms with Gasteiger partial charge < -0.3 is 16.0 Å². The minimum absolute atomic E-state index is 0.319. The van der Waals surface area contributed by atoms with Crippen molar-refractivity contribution in [1.29, 1.82) is 0 Å². The molecule has 0 aromatic heterocycles. The molecule has 1 aromatic carbocycles. The Morgan fingerprint density at radius 3 is 3.00 bits per heavy atom. The van der Waals surface area contributed by atoms with Crippen LogP contribution in [-0.2, 0) is 11.2 Å². The van der Waals surface area contributed by atoms with Gasteiger partial charge in [0, 0.05) is 19.3 Å². The number of aryl methyl sites for hydroxylation is 1. The van der Waals surface area contributed by atoms with Crippen LogP contribution in [0.5, 0.6) is 0 Å². The average molecular weight is 247 g/mol. The molecule has 1 heterocycles. The predicted octanol–water partition coefficient (Wildman–Crippen LogP) is 1.20. The molecule has 1 aliphatic rings. The van der Waals surface area contributed by atoms with Crippen LogP contribution in [0.3, 0.4) is 0 Å². The molecule has 1 aliphatic heterocycles. The highest BCUT2D eigenvalue weighted by Crippen LogP contribution is 2.28. The molecule has 2 rings (SSSR count). The van der Waals surface area contributed by atoms with Crippen molar-refractivity contribution in [2.24, 2.45) is 5.73 Å². The van der Waals surface area contributed by atoms with E-state index < -0.39 is 0 Å². The molecular weight excluding hydrogens is 226 g/mol. The Morgan fingerprint density at radius 2 is 2.33 bits per heavy atom. The highest BCUT2D eigenvalue weighted by atomic mass is 16.1. The Balaban J connectivity index is 2.32. The summed E-state index contributed by atoms with van der Waals surface area (Å²) in [6.07, 6.45) is 2.24. The van der Waals surface area contributed by atoms with Crippen molar-refractivity contribution in [2.45, 2.75) is 25.8 Å². The molecule has 0 fully saturated rings. The average Bonchev–Trinajstić information content (AvgIpc) is 2.35. The van der Waals surface area contributed by atoms with Gasteiger partial charge in [0.1, 0.15) is 6.04 Å². The molecule has 1 unspecified atom stereocenters. The Hall–Kier alpha value is -1.55. The van der Waals surface area contributed by atoms with E-state index >= 15 is 0 Å². The second-order valence-corrected chi connectivity index (χ2v) is 4.81. The minimum atomic E-state index is -0.382. The van der Waals surface area contributed by atoms with Crippen molar-refractivity contribution in [3.8, 4) is 0 Å². The van der Waals surface area contributed by atoms with Gasteiger partial charge in [-0.05, 0) is 36.6 Å². The number of rotatable bonds is 4. The fourth-order valence-electron chi connectivity index (χ4n) is 2.57. The third-order valence-electron chi connectivity index (χ3n) is 3.48. The first-order valence-electron chi connectivity index (χ1n) is 6.50. The lowest BCUT2D eigenvalue weighted by atomic mass is 9.96. The molecule has 98 valence electrons. The van der Waals surface area contributed by atoms with Gasteiger partial charge in [0.05, 0.1) is 0 Å².